The number of anilines is 3. The highest BCUT2D eigenvalue weighted by Crippen LogP contribution is 2.34. The average Bonchev–Trinajstić information content (AvgIpc) is 3.17. The zero-order valence-corrected chi connectivity index (χ0v) is 22.2. The van der Waals surface area contributed by atoms with Gasteiger partial charge in [0.2, 0.25) is 0 Å². The van der Waals surface area contributed by atoms with Crippen molar-refractivity contribution in [3.8, 4) is 0 Å². The summed E-state index contributed by atoms with van der Waals surface area (Å²) in [6, 6.07) is 12.9. The molecule has 2 aromatic rings. The van der Waals surface area contributed by atoms with Crippen LogP contribution >= 0.6 is 0 Å². The molecule has 17 heteroatoms. The number of halogens is 6. The molecule has 2 aromatic carbocycles. The normalized spacial score (nSPS) is 15.8. The molecule has 0 aliphatic carbocycles. The van der Waals surface area contributed by atoms with Crippen LogP contribution in [0.1, 0.15) is 18.4 Å². The molecule has 1 fully saturated rings. The molecule has 2 heterocycles. The van der Waals surface area contributed by atoms with E-state index < -0.39 is 34.3 Å². The summed E-state index contributed by atoms with van der Waals surface area (Å²) < 4.78 is 91.6. The standard InChI is InChI=1S/C20H26N4O2S.2C2HF3O2/c21-18-15-17(8-9-20(18)23-12-4-10-22-11-14-23)27(25,26)24-13-3-6-16-5-1-2-7-19(16)24;2*3-2(4,5)1(6)7/h1-2,5,7-9,15,22H,3-4,6,10-14,21H2;2*(H,6,7). The number of carbonyl (C=O) groups is 2. The van der Waals surface area contributed by atoms with Gasteiger partial charge in [-0.05, 0) is 55.6 Å². The smallest absolute Gasteiger partial charge is 0.475 e. The quantitative estimate of drug-likeness (QED) is 0.301. The SMILES string of the molecule is Nc1cc(S(=O)(=O)N2CCCc3ccccc32)ccc1N1CCCNCC1.O=C(O)C(F)(F)F.O=C(O)C(F)(F)F. The van der Waals surface area contributed by atoms with Crippen LogP contribution < -0.4 is 20.3 Å². The molecular formula is C24H28F6N4O6S. The number of nitrogens with zero attached hydrogens (tertiary/aromatic N) is 2. The largest absolute Gasteiger partial charge is 0.490 e. The van der Waals surface area contributed by atoms with Crippen LogP contribution in [0.2, 0.25) is 0 Å². The minimum Gasteiger partial charge on any atom is -0.475 e. The number of alkyl halides is 6. The first-order valence-electron chi connectivity index (χ1n) is 12.0. The molecule has 0 aromatic heterocycles. The van der Waals surface area contributed by atoms with Crippen LogP contribution in [0.15, 0.2) is 47.4 Å². The zero-order valence-electron chi connectivity index (χ0n) is 21.4. The van der Waals surface area contributed by atoms with Crippen LogP contribution in [0.3, 0.4) is 0 Å². The number of nitrogen functional groups attached to an aromatic ring is 1. The summed E-state index contributed by atoms with van der Waals surface area (Å²) in [6.07, 6.45) is -7.39. The van der Waals surface area contributed by atoms with Crippen molar-refractivity contribution in [1.82, 2.24) is 5.32 Å². The lowest BCUT2D eigenvalue weighted by Crippen LogP contribution is -2.35. The Morgan fingerprint density at radius 2 is 1.41 bits per heavy atom. The number of sulfonamides is 1. The molecule has 0 amide bonds. The number of hydrogen-bond donors (Lipinski definition) is 4. The van der Waals surface area contributed by atoms with Crippen LogP contribution in [-0.4, -0.2) is 75.6 Å². The van der Waals surface area contributed by atoms with Gasteiger partial charge in [-0.1, -0.05) is 18.2 Å². The van der Waals surface area contributed by atoms with Crippen LogP contribution in [-0.2, 0) is 26.0 Å². The lowest BCUT2D eigenvalue weighted by atomic mass is 10.0. The van der Waals surface area contributed by atoms with Gasteiger partial charge in [0.1, 0.15) is 0 Å². The van der Waals surface area contributed by atoms with Gasteiger partial charge in [-0.25, -0.2) is 18.0 Å². The summed E-state index contributed by atoms with van der Waals surface area (Å²) in [4.78, 5) is 20.3. The first-order valence-corrected chi connectivity index (χ1v) is 13.5. The van der Waals surface area contributed by atoms with Crippen molar-refractivity contribution in [1.29, 1.82) is 0 Å². The molecule has 2 aliphatic heterocycles. The number of benzene rings is 2. The fourth-order valence-corrected chi connectivity index (χ4v) is 5.52. The number of aliphatic carboxylic acids is 2. The number of para-hydroxylation sites is 1. The number of fused-ring (bicyclic) bond motifs is 1. The number of carboxylic acids is 2. The second-order valence-electron chi connectivity index (χ2n) is 8.73. The molecule has 0 unspecified atom stereocenters. The number of carboxylic acid groups (broad SMARTS) is 2. The minimum absolute atomic E-state index is 0.258. The van der Waals surface area contributed by atoms with Crippen molar-refractivity contribution in [2.45, 2.75) is 36.5 Å². The Kier molecular flexibility index (Phi) is 11.2. The summed E-state index contributed by atoms with van der Waals surface area (Å²) >= 11 is 0. The monoisotopic (exact) mass is 614 g/mol. The van der Waals surface area contributed by atoms with E-state index in [4.69, 9.17) is 25.5 Å². The Morgan fingerprint density at radius 3 is 1.98 bits per heavy atom. The van der Waals surface area contributed by atoms with E-state index in [0.717, 1.165) is 62.4 Å². The number of hydrogen-bond acceptors (Lipinski definition) is 7. The number of rotatable bonds is 3. The second-order valence-corrected chi connectivity index (χ2v) is 10.6. The van der Waals surface area contributed by atoms with Gasteiger partial charge in [0.15, 0.2) is 0 Å². The molecule has 4 rings (SSSR count). The van der Waals surface area contributed by atoms with Crippen molar-refractivity contribution in [2.75, 3.05) is 47.7 Å². The molecule has 1 saturated heterocycles. The third-order valence-corrected chi connectivity index (χ3v) is 7.63. The lowest BCUT2D eigenvalue weighted by molar-refractivity contribution is -0.193. The van der Waals surface area contributed by atoms with Crippen molar-refractivity contribution in [3.05, 3.63) is 48.0 Å². The highest BCUT2D eigenvalue weighted by Gasteiger charge is 2.39. The van der Waals surface area contributed by atoms with E-state index >= 15 is 0 Å². The Hall–Kier alpha value is -3.73. The number of nitrogens with one attached hydrogen (secondary N) is 1. The molecule has 41 heavy (non-hydrogen) atoms. The molecule has 2 aliphatic rings. The Morgan fingerprint density at radius 1 is 0.829 bits per heavy atom. The van der Waals surface area contributed by atoms with Crippen molar-refractivity contribution in [2.24, 2.45) is 0 Å². The van der Waals surface area contributed by atoms with Gasteiger partial charge in [0.05, 0.1) is 22.0 Å². The number of aryl methyl sites for hydroxylation is 1. The average molecular weight is 615 g/mol. The zero-order chi connectivity index (χ0) is 31.0. The Labute approximate surface area is 231 Å². The number of nitrogens with two attached hydrogens (primary N) is 1. The fraction of sp³-hybridized carbons (Fsp3) is 0.417. The van der Waals surface area contributed by atoms with E-state index in [-0.39, 0.29) is 4.90 Å². The molecule has 0 saturated carbocycles. The van der Waals surface area contributed by atoms with E-state index in [9.17, 15) is 34.8 Å². The molecule has 0 atom stereocenters. The summed E-state index contributed by atoms with van der Waals surface area (Å²) in [6.45, 7) is 4.19. The maximum absolute atomic E-state index is 13.3. The van der Waals surface area contributed by atoms with Crippen molar-refractivity contribution >= 4 is 39.0 Å². The predicted molar refractivity (Wildman–Crippen MR) is 137 cm³/mol. The summed E-state index contributed by atoms with van der Waals surface area (Å²) in [5, 5.41) is 17.6. The van der Waals surface area contributed by atoms with E-state index in [1.807, 2.05) is 30.3 Å². The third kappa shape index (κ3) is 9.41. The summed E-state index contributed by atoms with van der Waals surface area (Å²) in [5.74, 6) is -5.51. The van der Waals surface area contributed by atoms with Crippen molar-refractivity contribution < 1.29 is 54.6 Å². The maximum atomic E-state index is 13.3. The highest BCUT2D eigenvalue weighted by molar-refractivity contribution is 7.92. The van der Waals surface area contributed by atoms with Crippen LogP contribution in [0.25, 0.3) is 0 Å². The minimum atomic E-state index is -5.08. The lowest BCUT2D eigenvalue weighted by Gasteiger charge is -2.31. The summed E-state index contributed by atoms with van der Waals surface area (Å²) in [7, 11) is -3.63. The molecule has 10 nitrogen and oxygen atoms in total. The molecule has 0 bridgehead atoms. The molecular weight excluding hydrogens is 586 g/mol. The first kappa shape index (κ1) is 33.5. The van der Waals surface area contributed by atoms with E-state index in [1.54, 1.807) is 12.1 Å². The summed E-state index contributed by atoms with van der Waals surface area (Å²) in [5.41, 5.74) is 9.57. The Balaban J connectivity index is 0.000000349. The van der Waals surface area contributed by atoms with Gasteiger partial charge in [0.25, 0.3) is 10.0 Å². The van der Waals surface area contributed by atoms with E-state index in [0.29, 0.717) is 12.2 Å². The van der Waals surface area contributed by atoms with Crippen LogP contribution in [0.5, 0.6) is 0 Å². The van der Waals surface area contributed by atoms with Gasteiger partial charge in [-0.15, -0.1) is 0 Å². The Bertz CT molecular complexity index is 1290. The highest BCUT2D eigenvalue weighted by atomic mass is 32.2. The van der Waals surface area contributed by atoms with Crippen LogP contribution in [0.4, 0.5) is 43.4 Å². The second kappa shape index (κ2) is 13.8. The molecule has 0 spiro atoms. The fourth-order valence-electron chi connectivity index (χ4n) is 3.94. The predicted octanol–water partition coefficient (Wildman–Crippen LogP) is 3.48. The van der Waals surface area contributed by atoms with Gasteiger partial charge >= 0.3 is 24.3 Å². The first-order chi connectivity index (χ1) is 19.0. The van der Waals surface area contributed by atoms with Gasteiger partial charge in [0, 0.05) is 26.2 Å². The molecule has 5 N–H and O–H groups in total. The van der Waals surface area contributed by atoms with E-state index in [1.165, 1.54) is 4.31 Å². The molecule has 0 radical (unpaired) electrons. The van der Waals surface area contributed by atoms with Gasteiger partial charge in [-0.3, -0.25) is 4.31 Å². The topological polar surface area (TPSA) is 153 Å². The third-order valence-electron chi connectivity index (χ3n) is 5.82. The van der Waals surface area contributed by atoms with Crippen LogP contribution in [0, 0.1) is 0 Å². The van der Waals surface area contributed by atoms with Gasteiger partial charge in [-0.2, -0.15) is 26.3 Å². The maximum Gasteiger partial charge on any atom is 0.490 e. The van der Waals surface area contributed by atoms with Crippen molar-refractivity contribution in [3.63, 3.8) is 0 Å². The van der Waals surface area contributed by atoms with Gasteiger partial charge < -0.3 is 26.2 Å². The molecule has 228 valence electrons. The van der Waals surface area contributed by atoms with E-state index in [2.05, 4.69) is 10.2 Å².